The molecule has 0 spiro atoms. The number of hydrogen-bond acceptors (Lipinski definition) is 4. The number of carbonyl (C=O) groups excluding carboxylic acids is 2. The van der Waals surface area contributed by atoms with Gasteiger partial charge in [-0.25, -0.2) is 4.79 Å². The topological polar surface area (TPSA) is 52.6 Å². The van der Waals surface area contributed by atoms with Gasteiger partial charge in [0.05, 0.1) is 5.41 Å². The Morgan fingerprint density at radius 2 is 1.69 bits per heavy atom. The van der Waals surface area contributed by atoms with Crippen LogP contribution >= 0.6 is 0 Å². The lowest BCUT2D eigenvalue weighted by Gasteiger charge is -2.64. The van der Waals surface area contributed by atoms with Gasteiger partial charge in [0.1, 0.15) is 11.2 Å². The quantitative estimate of drug-likeness (QED) is 0.377. The fourth-order valence-electron chi connectivity index (χ4n) is 7.10. The van der Waals surface area contributed by atoms with Crippen LogP contribution in [0.25, 0.3) is 0 Å². The Morgan fingerprint density at radius 3 is 2.14 bits per heavy atom. The van der Waals surface area contributed by atoms with Crippen molar-refractivity contribution in [3.05, 3.63) is 12.7 Å². The molecule has 4 aliphatic rings. The highest BCUT2D eigenvalue weighted by Crippen LogP contribution is 2.65. The number of rotatable bonds is 8. The second-order valence-electron chi connectivity index (χ2n) is 11.3. The minimum absolute atomic E-state index is 0.147. The highest BCUT2D eigenvalue weighted by molar-refractivity contribution is 5.81. The Labute approximate surface area is 176 Å². The molecule has 0 radical (unpaired) electrons. The Morgan fingerprint density at radius 1 is 1.10 bits per heavy atom. The highest BCUT2D eigenvalue weighted by Gasteiger charge is 2.62. The summed E-state index contributed by atoms with van der Waals surface area (Å²) in [7, 11) is 0. The van der Waals surface area contributed by atoms with E-state index in [1.807, 2.05) is 27.7 Å². The van der Waals surface area contributed by atoms with Crippen LogP contribution in [0.15, 0.2) is 12.7 Å². The van der Waals surface area contributed by atoms with Crippen molar-refractivity contribution in [2.24, 2.45) is 28.6 Å². The Balaban J connectivity index is 1.77. The van der Waals surface area contributed by atoms with Crippen molar-refractivity contribution in [3.63, 3.8) is 0 Å². The van der Waals surface area contributed by atoms with Crippen LogP contribution in [-0.4, -0.2) is 23.1 Å². The summed E-state index contributed by atoms with van der Waals surface area (Å²) in [4.78, 5) is 25.3. The monoisotopic (exact) mass is 404 g/mol. The van der Waals surface area contributed by atoms with E-state index in [4.69, 9.17) is 9.47 Å². The van der Waals surface area contributed by atoms with Gasteiger partial charge in [0.25, 0.3) is 0 Å². The second kappa shape index (κ2) is 7.42. The molecule has 29 heavy (non-hydrogen) atoms. The third-order valence-electron chi connectivity index (χ3n) is 8.34. The number of hydrogen-bond donors (Lipinski definition) is 0. The summed E-state index contributed by atoms with van der Waals surface area (Å²) < 4.78 is 12.1. The van der Waals surface area contributed by atoms with Gasteiger partial charge in [-0.3, -0.25) is 4.79 Å². The van der Waals surface area contributed by atoms with E-state index in [0.717, 1.165) is 12.3 Å². The lowest BCUT2D eigenvalue weighted by atomic mass is 9.44. The molecule has 4 saturated carbocycles. The molecular weight excluding hydrogens is 364 g/mol. The molecule has 4 heteroatoms. The van der Waals surface area contributed by atoms with Crippen LogP contribution < -0.4 is 0 Å². The van der Waals surface area contributed by atoms with Crippen molar-refractivity contribution in [2.75, 3.05) is 0 Å². The first-order valence-corrected chi connectivity index (χ1v) is 11.5. The molecular formula is C25H40O4. The van der Waals surface area contributed by atoms with E-state index < -0.39 is 17.0 Å². The molecule has 0 aromatic rings. The van der Waals surface area contributed by atoms with Crippen LogP contribution in [0.4, 0.5) is 0 Å². The first-order valence-electron chi connectivity index (χ1n) is 11.5. The predicted octanol–water partition coefficient (Wildman–Crippen LogP) is 5.84. The van der Waals surface area contributed by atoms with Crippen molar-refractivity contribution in [1.82, 2.24) is 0 Å². The molecule has 0 aromatic carbocycles. The molecule has 0 saturated heterocycles. The molecule has 0 aromatic heterocycles. The largest absolute Gasteiger partial charge is 0.458 e. The van der Waals surface area contributed by atoms with Gasteiger partial charge >= 0.3 is 11.9 Å². The molecule has 4 aliphatic carbocycles. The van der Waals surface area contributed by atoms with Crippen LogP contribution in [0.3, 0.4) is 0 Å². The Kier molecular flexibility index (Phi) is 5.73. The minimum atomic E-state index is -0.729. The van der Waals surface area contributed by atoms with E-state index in [9.17, 15) is 9.59 Å². The van der Waals surface area contributed by atoms with Gasteiger partial charge in [0.15, 0.2) is 0 Å². The number of esters is 2. The van der Waals surface area contributed by atoms with Crippen LogP contribution in [0, 0.1) is 28.6 Å². The first kappa shape index (κ1) is 22.4. The fourth-order valence-corrected chi connectivity index (χ4v) is 7.10. The van der Waals surface area contributed by atoms with E-state index in [1.54, 1.807) is 0 Å². The van der Waals surface area contributed by atoms with Crippen LogP contribution in [0.2, 0.25) is 0 Å². The summed E-state index contributed by atoms with van der Waals surface area (Å²) in [6.07, 6.45) is 9.27. The van der Waals surface area contributed by atoms with Crippen molar-refractivity contribution in [3.8, 4) is 0 Å². The standard InChI is InChI=1S/C25H40O4/c1-8-20(26)28-24(7,9-2)16-22(4,5)21(27)29-25(10-3)18-11-17-12-19(25)15-23(6,13-17)14-18/h8,17-19H,1,9-16H2,2-7H3. The zero-order valence-corrected chi connectivity index (χ0v) is 19.3. The van der Waals surface area contributed by atoms with Gasteiger partial charge in [-0.1, -0.05) is 27.4 Å². The van der Waals surface area contributed by atoms with Crippen LogP contribution in [0.1, 0.15) is 92.9 Å². The second-order valence-corrected chi connectivity index (χ2v) is 11.3. The zero-order valence-electron chi connectivity index (χ0n) is 19.3. The molecule has 4 bridgehead atoms. The lowest BCUT2D eigenvalue weighted by molar-refractivity contribution is -0.232. The molecule has 4 rings (SSSR count). The van der Waals surface area contributed by atoms with Crippen LogP contribution in [0.5, 0.6) is 0 Å². The van der Waals surface area contributed by atoms with Crippen molar-refractivity contribution in [1.29, 1.82) is 0 Å². The Hall–Kier alpha value is -1.32. The SMILES string of the molecule is C=CC(=O)OC(C)(CC)CC(C)(C)C(=O)OC1(CC)C2CC3CC1CC(C)(C3)C2. The molecule has 3 unspecified atom stereocenters. The maximum atomic E-state index is 13.5. The average molecular weight is 405 g/mol. The van der Waals surface area contributed by atoms with Crippen molar-refractivity contribution >= 4 is 11.9 Å². The van der Waals surface area contributed by atoms with E-state index >= 15 is 0 Å². The summed E-state index contributed by atoms with van der Waals surface area (Å²) in [5.74, 6) is 1.19. The van der Waals surface area contributed by atoms with E-state index in [0.29, 0.717) is 30.1 Å². The summed E-state index contributed by atoms with van der Waals surface area (Å²) in [6.45, 7) is 15.8. The highest BCUT2D eigenvalue weighted by atomic mass is 16.6. The Bertz CT molecular complexity index is 662. The lowest BCUT2D eigenvalue weighted by Crippen LogP contribution is -2.62. The molecule has 164 valence electrons. The number of ether oxygens (including phenoxy) is 2. The third-order valence-corrected chi connectivity index (χ3v) is 8.34. The summed E-state index contributed by atoms with van der Waals surface area (Å²) in [5.41, 5.74) is -1.32. The third kappa shape index (κ3) is 4.01. The molecule has 0 aliphatic heterocycles. The van der Waals surface area contributed by atoms with Gasteiger partial charge in [0, 0.05) is 12.5 Å². The molecule has 4 fully saturated rings. The summed E-state index contributed by atoms with van der Waals surface area (Å²) >= 11 is 0. The first-order chi connectivity index (χ1) is 13.4. The molecule has 4 nitrogen and oxygen atoms in total. The zero-order chi connectivity index (χ0) is 21.7. The normalized spacial score (nSPS) is 37.7. The fraction of sp³-hybridized carbons (Fsp3) is 0.840. The van der Waals surface area contributed by atoms with Crippen LogP contribution in [-0.2, 0) is 19.1 Å². The van der Waals surface area contributed by atoms with Gasteiger partial charge in [-0.2, -0.15) is 0 Å². The molecule has 0 heterocycles. The maximum Gasteiger partial charge on any atom is 0.330 e. The van der Waals surface area contributed by atoms with Gasteiger partial charge < -0.3 is 9.47 Å². The van der Waals surface area contributed by atoms with E-state index in [2.05, 4.69) is 20.4 Å². The van der Waals surface area contributed by atoms with Crippen molar-refractivity contribution < 1.29 is 19.1 Å². The molecule has 0 amide bonds. The minimum Gasteiger partial charge on any atom is -0.458 e. The summed E-state index contributed by atoms with van der Waals surface area (Å²) in [6, 6.07) is 0. The molecule has 3 atom stereocenters. The summed E-state index contributed by atoms with van der Waals surface area (Å²) in [5, 5.41) is 0. The van der Waals surface area contributed by atoms with Gasteiger partial charge in [-0.05, 0) is 88.9 Å². The van der Waals surface area contributed by atoms with E-state index in [-0.39, 0.29) is 11.6 Å². The van der Waals surface area contributed by atoms with Gasteiger partial charge in [-0.15, -0.1) is 0 Å². The smallest absolute Gasteiger partial charge is 0.330 e. The van der Waals surface area contributed by atoms with Crippen molar-refractivity contribution in [2.45, 2.75) is 104 Å². The molecule has 0 N–H and O–H groups in total. The van der Waals surface area contributed by atoms with Gasteiger partial charge in [0.2, 0.25) is 0 Å². The predicted molar refractivity (Wildman–Crippen MR) is 114 cm³/mol. The van der Waals surface area contributed by atoms with E-state index in [1.165, 1.54) is 38.2 Å². The average Bonchev–Trinajstić information content (AvgIpc) is 2.62. The maximum absolute atomic E-state index is 13.5. The number of carbonyl (C=O) groups is 2.